The first-order chi connectivity index (χ1) is 9.52. The maximum absolute atomic E-state index is 6.39. The minimum absolute atomic E-state index is 0.395. The van der Waals surface area contributed by atoms with Crippen molar-refractivity contribution in [2.24, 2.45) is 7.05 Å². The molecule has 0 saturated heterocycles. The fraction of sp³-hybridized carbons (Fsp3) is 0.438. The van der Waals surface area contributed by atoms with Crippen LogP contribution in [0.3, 0.4) is 0 Å². The van der Waals surface area contributed by atoms with Crippen molar-refractivity contribution in [3.8, 4) is 11.1 Å². The van der Waals surface area contributed by atoms with Crippen molar-refractivity contribution in [3.05, 3.63) is 40.7 Å². The van der Waals surface area contributed by atoms with Crippen LogP contribution in [-0.2, 0) is 13.6 Å². The van der Waals surface area contributed by atoms with Gasteiger partial charge in [0.15, 0.2) is 0 Å². The average Bonchev–Trinajstić information content (AvgIpc) is 2.79. The first-order valence-electron chi connectivity index (χ1n) is 7.06. The molecular weight excluding hydrogens is 270 g/mol. The fourth-order valence-corrected chi connectivity index (χ4v) is 2.52. The van der Waals surface area contributed by atoms with Gasteiger partial charge < -0.3 is 5.32 Å². The van der Waals surface area contributed by atoms with Crippen molar-refractivity contribution in [3.63, 3.8) is 0 Å². The number of hydrogen-bond donors (Lipinski definition) is 1. The van der Waals surface area contributed by atoms with Gasteiger partial charge >= 0.3 is 0 Å². The van der Waals surface area contributed by atoms with Crippen molar-refractivity contribution >= 4 is 11.6 Å². The van der Waals surface area contributed by atoms with Crippen LogP contribution in [0.1, 0.15) is 37.9 Å². The SMILES string of the molecule is CCNCc1ccc(-c2cn(C)nc2C(C)C)cc1Cl. The van der Waals surface area contributed by atoms with Gasteiger partial charge in [-0.1, -0.05) is 44.5 Å². The van der Waals surface area contributed by atoms with Crippen molar-refractivity contribution in [1.29, 1.82) is 0 Å². The molecule has 0 saturated carbocycles. The summed E-state index contributed by atoms with van der Waals surface area (Å²) >= 11 is 6.39. The molecule has 2 rings (SSSR count). The van der Waals surface area contributed by atoms with E-state index >= 15 is 0 Å². The molecule has 0 aliphatic rings. The van der Waals surface area contributed by atoms with E-state index in [0.29, 0.717) is 5.92 Å². The van der Waals surface area contributed by atoms with E-state index in [1.165, 1.54) is 5.56 Å². The van der Waals surface area contributed by atoms with Gasteiger partial charge in [0.2, 0.25) is 0 Å². The van der Waals surface area contributed by atoms with Crippen LogP contribution in [0, 0.1) is 0 Å². The van der Waals surface area contributed by atoms with Crippen LogP contribution in [0.15, 0.2) is 24.4 Å². The van der Waals surface area contributed by atoms with Gasteiger partial charge in [-0.3, -0.25) is 4.68 Å². The average molecular weight is 292 g/mol. The van der Waals surface area contributed by atoms with Gasteiger partial charge in [-0.2, -0.15) is 5.10 Å². The summed E-state index contributed by atoms with van der Waals surface area (Å²) in [7, 11) is 1.95. The summed E-state index contributed by atoms with van der Waals surface area (Å²) in [5, 5.41) is 8.65. The number of nitrogens with zero attached hydrogens (tertiary/aromatic N) is 2. The number of aryl methyl sites for hydroxylation is 1. The molecule has 3 nitrogen and oxygen atoms in total. The summed E-state index contributed by atoms with van der Waals surface area (Å²) in [5.41, 5.74) is 4.54. The molecule has 1 aromatic carbocycles. The number of halogens is 1. The molecule has 0 fully saturated rings. The van der Waals surface area contributed by atoms with Gasteiger partial charge in [-0.15, -0.1) is 0 Å². The van der Waals surface area contributed by atoms with E-state index in [9.17, 15) is 0 Å². The van der Waals surface area contributed by atoms with Crippen molar-refractivity contribution < 1.29 is 0 Å². The summed E-state index contributed by atoms with van der Waals surface area (Å²) in [4.78, 5) is 0. The molecule has 1 heterocycles. The van der Waals surface area contributed by atoms with Crippen molar-refractivity contribution in [2.75, 3.05) is 6.54 Å². The lowest BCUT2D eigenvalue weighted by atomic mass is 9.99. The first kappa shape index (κ1) is 15.1. The summed E-state index contributed by atoms with van der Waals surface area (Å²) < 4.78 is 1.87. The Balaban J connectivity index is 2.36. The van der Waals surface area contributed by atoms with Crippen molar-refractivity contribution in [1.82, 2.24) is 15.1 Å². The molecule has 1 N–H and O–H groups in total. The standard InChI is InChI=1S/C16H22ClN3/c1-5-18-9-13-7-6-12(8-15(13)17)14-10-20(4)19-16(14)11(2)3/h6-8,10-11,18H,5,9H2,1-4H3. The molecule has 4 heteroatoms. The topological polar surface area (TPSA) is 29.9 Å². The van der Waals surface area contributed by atoms with E-state index in [0.717, 1.165) is 34.9 Å². The molecular formula is C16H22ClN3. The van der Waals surface area contributed by atoms with E-state index < -0.39 is 0 Å². The molecule has 0 aliphatic heterocycles. The quantitative estimate of drug-likeness (QED) is 0.903. The maximum atomic E-state index is 6.39. The predicted octanol–water partition coefficient (Wildman–Crippen LogP) is 3.97. The molecule has 1 aromatic heterocycles. The summed E-state index contributed by atoms with van der Waals surface area (Å²) in [6.45, 7) is 8.16. The van der Waals surface area contributed by atoms with Crippen LogP contribution in [-0.4, -0.2) is 16.3 Å². The highest BCUT2D eigenvalue weighted by atomic mass is 35.5. The van der Waals surface area contributed by atoms with E-state index in [1.54, 1.807) is 0 Å². The lowest BCUT2D eigenvalue weighted by Gasteiger charge is -2.09. The Morgan fingerprint density at radius 2 is 2.10 bits per heavy atom. The molecule has 2 aromatic rings. The first-order valence-corrected chi connectivity index (χ1v) is 7.43. The third-order valence-electron chi connectivity index (χ3n) is 3.33. The highest BCUT2D eigenvalue weighted by molar-refractivity contribution is 6.31. The molecule has 0 unspecified atom stereocenters. The van der Waals surface area contributed by atoms with Crippen molar-refractivity contribution in [2.45, 2.75) is 33.2 Å². The van der Waals surface area contributed by atoms with E-state index in [1.807, 2.05) is 17.8 Å². The Bertz CT molecular complexity index is 587. The van der Waals surface area contributed by atoms with Gasteiger partial charge in [-0.25, -0.2) is 0 Å². The highest BCUT2D eigenvalue weighted by Gasteiger charge is 2.14. The Hall–Kier alpha value is -1.32. The fourth-order valence-electron chi connectivity index (χ4n) is 2.27. The third kappa shape index (κ3) is 3.22. The Morgan fingerprint density at radius 1 is 1.35 bits per heavy atom. The summed E-state index contributed by atoms with van der Waals surface area (Å²) in [6.07, 6.45) is 2.06. The molecule has 0 aliphatic carbocycles. The number of benzene rings is 1. The molecule has 0 amide bonds. The van der Waals surface area contributed by atoms with Crippen LogP contribution < -0.4 is 5.32 Å². The highest BCUT2D eigenvalue weighted by Crippen LogP contribution is 2.31. The molecule has 108 valence electrons. The van der Waals surface area contributed by atoms with Gasteiger partial charge in [0.25, 0.3) is 0 Å². The van der Waals surface area contributed by atoms with Crippen LogP contribution in [0.4, 0.5) is 0 Å². The normalized spacial score (nSPS) is 11.3. The number of aromatic nitrogens is 2. The molecule has 0 spiro atoms. The molecule has 0 atom stereocenters. The molecule has 0 bridgehead atoms. The van der Waals surface area contributed by atoms with E-state index in [4.69, 9.17) is 11.6 Å². The largest absolute Gasteiger partial charge is 0.313 e. The minimum Gasteiger partial charge on any atom is -0.313 e. The third-order valence-corrected chi connectivity index (χ3v) is 3.69. The lowest BCUT2D eigenvalue weighted by Crippen LogP contribution is -2.11. The monoisotopic (exact) mass is 291 g/mol. The van der Waals surface area contributed by atoms with E-state index in [-0.39, 0.29) is 0 Å². The molecule has 20 heavy (non-hydrogen) atoms. The van der Waals surface area contributed by atoms with Crippen LogP contribution in [0.2, 0.25) is 5.02 Å². The van der Waals surface area contributed by atoms with Crippen LogP contribution in [0.5, 0.6) is 0 Å². The minimum atomic E-state index is 0.395. The second kappa shape index (κ2) is 6.42. The second-order valence-corrected chi connectivity index (χ2v) is 5.75. The van der Waals surface area contributed by atoms with Crippen LogP contribution >= 0.6 is 11.6 Å². The lowest BCUT2D eigenvalue weighted by molar-refractivity contribution is 0.713. The number of hydrogen-bond acceptors (Lipinski definition) is 2. The number of rotatable bonds is 5. The van der Waals surface area contributed by atoms with E-state index in [2.05, 4.69) is 49.5 Å². The predicted molar refractivity (Wildman–Crippen MR) is 85.1 cm³/mol. The van der Waals surface area contributed by atoms with Gasteiger partial charge in [0, 0.05) is 30.4 Å². The Morgan fingerprint density at radius 3 is 2.70 bits per heavy atom. The zero-order valence-corrected chi connectivity index (χ0v) is 13.3. The molecule has 0 radical (unpaired) electrons. The van der Waals surface area contributed by atoms with Gasteiger partial charge in [0.05, 0.1) is 5.69 Å². The van der Waals surface area contributed by atoms with Gasteiger partial charge in [0.1, 0.15) is 0 Å². The zero-order valence-electron chi connectivity index (χ0n) is 12.6. The van der Waals surface area contributed by atoms with Crippen LogP contribution in [0.25, 0.3) is 11.1 Å². The maximum Gasteiger partial charge on any atom is 0.0728 e. The number of nitrogens with one attached hydrogen (secondary N) is 1. The Kier molecular flexibility index (Phi) is 4.84. The summed E-state index contributed by atoms with van der Waals surface area (Å²) in [5.74, 6) is 0.395. The smallest absolute Gasteiger partial charge is 0.0728 e. The zero-order chi connectivity index (χ0) is 14.7. The summed E-state index contributed by atoms with van der Waals surface area (Å²) in [6, 6.07) is 6.26. The second-order valence-electron chi connectivity index (χ2n) is 5.34. The Labute approximate surface area is 126 Å². The van der Waals surface area contributed by atoms with Gasteiger partial charge in [-0.05, 0) is 29.7 Å².